The number of carbonyl (C=O) groups excluding carboxylic acids is 1. The molecule has 0 saturated carbocycles. The van der Waals surface area contributed by atoms with Gasteiger partial charge in [-0.25, -0.2) is 0 Å². The molecule has 1 aromatic heterocycles. The molecule has 0 saturated heterocycles. The summed E-state index contributed by atoms with van der Waals surface area (Å²) < 4.78 is 5.26. The third-order valence-electron chi connectivity index (χ3n) is 4.63. The van der Waals surface area contributed by atoms with E-state index in [0.29, 0.717) is 34.5 Å². The Balaban J connectivity index is 1.80. The number of nitrogens with one attached hydrogen (secondary N) is 1. The first-order valence-electron chi connectivity index (χ1n) is 9.28. The van der Waals surface area contributed by atoms with Crippen molar-refractivity contribution in [3.63, 3.8) is 0 Å². The highest BCUT2D eigenvalue weighted by Gasteiger charge is 2.14. The Bertz CT molecular complexity index is 1060. The van der Waals surface area contributed by atoms with Crippen molar-refractivity contribution in [3.8, 4) is 17.3 Å². The van der Waals surface area contributed by atoms with Crippen LogP contribution >= 0.6 is 34.8 Å². The van der Waals surface area contributed by atoms with Crippen molar-refractivity contribution in [2.24, 2.45) is 0 Å². The molecule has 2 aromatic carbocycles. The highest BCUT2D eigenvalue weighted by atomic mass is 35.5. The molecule has 0 amide bonds. The van der Waals surface area contributed by atoms with Crippen molar-refractivity contribution in [2.75, 3.05) is 19.0 Å². The zero-order valence-corrected chi connectivity index (χ0v) is 18.7. The Morgan fingerprint density at radius 1 is 1.13 bits per heavy atom. The van der Waals surface area contributed by atoms with Gasteiger partial charge in [0.1, 0.15) is 5.82 Å². The van der Waals surface area contributed by atoms with E-state index in [0.717, 1.165) is 16.7 Å². The molecule has 0 aliphatic heterocycles. The molecule has 0 fully saturated rings. The lowest BCUT2D eigenvalue weighted by Crippen LogP contribution is -2.08. The van der Waals surface area contributed by atoms with E-state index in [1.54, 1.807) is 13.0 Å². The van der Waals surface area contributed by atoms with E-state index in [-0.39, 0.29) is 6.01 Å². The summed E-state index contributed by atoms with van der Waals surface area (Å²) in [5.74, 6) is 0.214. The van der Waals surface area contributed by atoms with Crippen LogP contribution in [0.3, 0.4) is 0 Å². The summed E-state index contributed by atoms with van der Waals surface area (Å²) in [7, 11) is 1.51. The number of aromatic nitrogens is 2. The number of benzene rings is 2. The van der Waals surface area contributed by atoms with Crippen molar-refractivity contribution < 1.29 is 9.53 Å². The van der Waals surface area contributed by atoms with E-state index >= 15 is 0 Å². The van der Waals surface area contributed by atoms with Crippen molar-refractivity contribution in [2.45, 2.75) is 19.3 Å². The van der Waals surface area contributed by atoms with Crippen molar-refractivity contribution in [1.29, 1.82) is 0 Å². The fourth-order valence-electron chi connectivity index (χ4n) is 2.90. The number of methoxy groups -OCH3 is 1. The maximum absolute atomic E-state index is 11.5. The Hall–Kier alpha value is -2.34. The minimum atomic E-state index is -0.407. The number of ether oxygens (including phenoxy) is 1. The van der Waals surface area contributed by atoms with Gasteiger partial charge in [0.2, 0.25) is 5.24 Å². The second-order valence-corrected chi connectivity index (χ2v) is 7.91. The van der Waals surface area contributed by atoms with Crippen LogP contribution < -0.4 is 10.1 Å². The molecule has 0 aliphatic rings. The molecule has 3 rings (SSSR count). The highest BCUT2D eigenvalue weighted by molar-refractivity contribution is 6.64. The number of carbonyl (C=O) groups is 1. The summed E-state index contributed by atoms with van der Waals surface area (Å²) in [6.45, 7) is 2.38. The van der Waals surface area contributed by atoms with Crippen LogP contribution in [0.4, 0.5) is 5.82 Å². The Morgan fingerprint density at radius 3 is 2.63 bits per heavy atom. The quantitative estimate of drug-likeness (QED) is 0.415. The minimum absolute atomic E-state index is 0.242. The van der Waals surface area contributed by atoms with Crippen molar-refractivity contribution >= 4 is 45.9 Å². The SMILES string of the molecule is COc1nc(NCCc2ccc(Cl)cc2Cl)cc(-c2cccc(C(C)C(=O)Cl)c2)n1. The zero-order valence-electron chi connectivity index (χ0n) is 16.5. The van der Waals surface area contributed by atoms with E-state index in [9.17, 15) is 4.79 Å². The molecule has 0 bridgehead atoms. The lowest BCUT2D eigenvalue weighted by molar-refractivity contribution is -0.112. The minimum Gasteiger partial charge on any atom is -0.467 e. The van der Waals surface area contributed by atoms with Gasteiger partial charge >= 0.3 is 6.01 Å². The second-order valence-electron chi connectivity index (χ2n) is 6.69. The summed E-state index contributed by atoms with van der Waals surface area (Å²) in [6.07, 6.45) is 0.697. The maximum atomic E-state index is 11.5. The third kappa shape index (κ3) is 5.63. The van der Waals surface area contributed by atoms with Gasteiger partial charge < -0.3 is 10.1 Å². The number of rotatable bonds is 8. The fraction of sp³-hybridized carbons (Fsp3) is 0.227. The van der Waals surface area contributed by atoms with Gasteiger partial charge in [-0.15, -0.1) is 0 Å². The molecule has 1 N–H and O–H groups in total. The molecule has 30 heavy (non-hydrogen) atoms. The van der Waals surface area contributed by atoms with Gasteiger partial charge in [0.25, 0.3) is 0 Å². The second kappa shape index (κ2) is 10.1. The molecule has 1 unspecified atom stereocenters. The summed E-state index contributed by atoms with van der Waals surface area (Å²) in [5, 5.41) is 4.11. The fourth-order valence-corrected chi connectivity index (χ4v) is 3.53. The van der Waals surface area contributed by atoms with Gasteiger partial charge in [0, 0.05) is 28.2 Å². The molecule has 0 aliphatic carbocycles. The van der Waals surface area contributed by atoms with E-state index < -0.39 is 11.2 Å². The normalized spacial score (nSPS) is 11.8. The molecule has 1 atom stereocenters. The van der Waals surface area contributed by atoms with Crippen LogP contribution in [0.5, 0.6) is 6.01 Å². The Labute approximate surface area is 190 Å². The topological polar surface area (TPSA) is 64.1 Å². The van der Waals surface area contributed by atoms with Crippen LogP contribution in [-0.2, 0) is 11.2 Å². The smallest absolute Gasteiger partial charge is 0.318 e. The predicted octanol–water partition coefficient (Wildman–Crippen LogP) is 5.98. The van der Waals surface area contributed by atoms with E-state index in [1.165, 1.54) is 7.11 Å². The summed E-state index contributed by atoms with van der Waals surface area (Å²) in [6, 6.07) is 15.1. The van der Waals surface area contributed by atoms with Gasteiger partial charge in [0.15, 0.2) is 0 Å². The van der Waals surface area contributed by atoms with Crippen LogP contribution in [-0.4, -0.2) is 28.9 Å². The van der Waals surface area contributed by atoms with Gasteiger partial charge in [-0.05, 0) is 47.3 Å². The zero-order chi connectivity index (χ0) is 21.7. The van der Waals surface area contributed by atoms with Crippen molar-refractivity contribution in [1.82, 2.24) is 9.97 Å². The predicted molar refractivity (Wildman–Crippen MR) is 122 cm³/mol. The first-order valence-corrected chi connectivity index (χ1v) is 10.4. The van der Waals surface area contributed by atoms with Crippen LogP contribution in [0.2, 0.25) is 10.0 Å². The van der Waals surface area contributed by atoms with Crippen LogP contribution in [0.1, 0.15) is 24.0 Å². The number of hydrogen-bond donors (Lipinski definition) is 1. The third-order valence-corrected chi connectivity index (χ3v) is 5.54. The molecule has 0 spiro atoms. The molecule has 0 radical (unpaired) electrons. The molecule has 156 valence electrons. The van der Waals surface area contributed by atoms with Crippen LogP contribution in [0.15, 0.2) is 48.5 Å². The number of anilines is 1. The lowest BCUT2D eigenvalue weighted by Gasteiger charge is -2.12. The Morgan fingerprint density at radius 2 is 1.93 bits per heavy atom. The van der Waals surface area contributed by atoms with E-state index in [4.69, 9.17) is 39.5 Å². The average molecular weight is 465 g/mol. The summed E-state index contributed by atoms with van der Waals surface area (Å²) in [4.78, 5) is 20.3. The molecular formula is C22H20Cl3N3O2. The van der Waals surface area contributed by atoms with Gasteiger partial charge in [-0.1, -0.05) is 54.4 Å². The summed E-state index contributed by atoms with van der Waals surface area (Å²) >= 11 is 17.8. The number of hydrogen-bond acceptors (Lipinski definition) is 5. The standard InChI is InChI=1S/C22H20Cl3N3O2/c1-13(21(25)29)15-4-3-5-16(10-15)19-12-20(28-22(27-19)30-2)26-9-8-14-6-7-17(23)11-18(14)24/h3-7,10-13H,8-9H2,1-2H3,(H,26,27,28). The molecule has 5 nitrogen and oxygen atoms in total. The van der Waals surface area contributed by atoms with E-state index in [1.807, 2.05) is 42.5 Å². The van der Waals surface area contributed by atoms with Crippen LogP contribution in [0, 0.1) is 0 Å². The highest BCUT2D eigenvalue weighted by Crippen LogP contribution is 2.27. The van der Waals surface area contributed by atoms with Gasteiger partial charge in [-0.2, -0.15) is 9.97 Å². The molecule has 1 heterocycles. The lowest BCUT2D eigenvalue weighted by atomic mass is 9.99. The Kier molecular flexibility index (Phi) is 7.53. The molecule has 3 aromatic rings. The monoisotopic (exact) mass is 463 g/mol. The molecular weight excluding hydrogens is 445 g/mol. The van der Waals surface area contributed by atoms with E-state index in [2.05, 4.69) is 15.3 Å². The van der Waals surface area contributed by atoms with Crippen LogP contribution in [0.25, 0.3) is 11.3 Å². The number of nitrogens with zero attached hydrogens (tertiary/aromatic N) is 2. The largest absolute Gasteiger partial charge is 0.467 e. The first-order chi connectivity index (χ1) is 14.4. The van der Waals surface area contributed by atoms with Gasteiger partial charge in [-0.3, -0.25) is 4.79 Å². The summed E-state index contributed by atoms with van der Waals surface area (Å²) in [5.41, 5.74) is 3.31. The maximum Gasteiger partial charge on any atom is 0.318 e. The molecule has 8 heteroatoms. The average Bonchev–Trinajstić information content (AvgIpc) is 2.74. The van der Waals surface area contributed by atoms with Crippen molar-refractivity contribution in [3.05, 3.63) is 69.7 Å². The first kappa shape index (κ1) is 22.3. The number of halogens is 3. The van der Waals surface area contributed by atoms with Gasteiger partial charge in [0.05, 0.1) is 18.7 Å².